The third-order valence-corrected chi connectivity index (χ3v) is 8.05. The Kier molecular flexibility index (Phi) is 13.3. The summed E-state index contributed by atoms with van der Waals surface area (Å²) in [4.78, 5) is 63.4. The van der Waals surface area contributed by atoms with E-state index in [2.05, 4.69) is 21.3 Å². The summed E-state index contributed by atoms with van der Waals surface area (Å²) in [5.74, 6) is -3.95. The molecule has 0 saturated heterocycles. The highest BCUT2D eigenvalue weighted by Gasteiger charge is 2.29. The largest absolute Gasteiger partial charge is 0.480 e. The molecule has 4 aromatic carbocycles. The van der Waals surface area contributed by atoms with Crippen LogP contribution in [0.3, 0.4) is 0 Å². The van der Waals surface area contributed by atoms with Crippen molar-refractivity contribution in [2.75, 3.05) is 10.6 Å². The molecule has 4 rings (SSSR count). The Morgan fingerprint density at radius 2 is 1.08 bits per heavy atom. The van der Waals surface area contributed by atoms with Crippen LogP contribution in [0.5, 0.6) is 0 Å². The molecule has 0 aliphatic heterocycles. The summed E-state index contributed by atoms with van der Waals surface area (Å²) in [6.45, 7) is 3.93. The van der Waals surface area contributed by atoms with Gasteiger partial charge in [-0.05, 0) is 58.9 Å². The van der Waals surface area contributed by atoms with Crippen LogP contribution in [0, 0.1) is 5.92 Å². The molecule has 4 amide bonds. The minimum Gasteiger partial charge on any atom is -0.480 e. The molecule has 3 unspecified atom stereocenters. The highest BCUT2D eigenvalue weighted by molar-refractivity contribution is 5.99. The van der Waals surface area contributed by atoms with Gasteiger partial charge in [-0.15, -0.1) is 0 Å². The van der Waals surface area contributed by atoms with Gasteiger partial charge in [0.15, 0.2) is 0 Å². The molecule has 0 aliphatic rings. The van der Waals surface area contributed by atoms with E-state index in [1.807, 2.05) is 38.1 Å². The maximum absolute atomic E-state index is 13.7. The summed E-state index contributed by atoms with van der Waals surface area (Å²) < 4.78 is 0. The van der Waals surface area contributed by atoms with Crippen molar-refractivity contribution in [1.29, 1.82) is 0 Å². The van der Waals surface area contributed by atoms with E-state index in [1.54, 1.807) is 84.9 Å². The second-order valence-electron chi connectivity index (χ2n) is 12.4. The van der Waals surface area contributed by atoms with Crippen molar-refractivity contribution in [3.05, 3.63) is 131 Å². The second-order valence-corrected chi connectivity index (χ2v) is 12.4. The number of benzene rings is 4. The molecular weight excluding hydrogens is 636 g/mol. The number of hydrogen-bond acceptors (Lipinski definition) is 5. The Bertz CT molecular complexity index is 1760. The summed E-state index contributed by atoms with van der Waals surface area (Å²) in [7, 11) is 0. The van der Waals surface area contributed by atoms with Gasteiger partial charge in [-0.2, -0.15) is 0 Å². The lowest BCUT2D eigenvalue weighted by atomic mass is 9.88. The van der Waals surface area contributed by atoms with Gasteiger partial charge in [0.25, 0.3) is 0 Å². The van der Waals surface area contributed by atoms with Crippen molar-refractivity contribution in [3.63, 3.8) is 0 Å². The molecule has 6 N–H and O–H groups in total. The SMILES string of the molecule is CC(C)CC(C(=O)NC(Cc1ccccc1CC(NC(=O)Cc1ccccc1)C(=O)O)C(=O)O)c1ccc(NC(=O)Nc2ccccc2)cc1. The summed E-state index contributed by atoms with van der Waals surface area (Å²) in [6, 6.07) is 28.6. The molecule has 11 heteroatoms. The highest BCUT2D eigenvalue weighted by atomic mass is 16.4. The van der Waals surface area contributed by atoms with Gasteiger partial charge in [0, 0.05) is 24.2 Å². The minimum atomic E-state index is -1.31. The number of carboxylic acids is 2. The summed E-state index contributed by atoms with van der Waals surface area (Å²) in [6.07, 6.45) is 0.278. The van der Waals surface area contributed by atoms with Gasteiger partial charge < -0.3 is 31.5 Å². The lowest BCUT2D eigenvalue weighted by Gasteiger charge is -2.23. The van der Waals surface area contributed by atoms with Gasteiger partial charge in [0.1, 0.15) is 12.1 Å². The van der Waals surface area contributed by atoms with Crippen LogP contribution in [0.2, 0.25) is 0 Å². The molecule has 3 atom stereocenters. The van der Waals surface area contributed by atoms with Crippen LogP contribution in [0.15, 0.2) is 109 Å². The molecule has 0 radical (unpaired) electrons. The number of anilines is 2. The Hall–Kier alpha value is -5.97. The van der Waals surface area contributed by atoms with Crippen LogP contribution >= 0.6 is 0 Å². The molecule has 50 heavy (non-hydrogen) atoms. The van der Waals surface area contributed by atoms with Crippen LogP contribution in [0.4, 0.5) is 16.2 Å². The van der Waals surface area contributed by atoms with E-state index in [4.69, 9.17) is 0 Å². The smallest absolute Gasteiger partial charge is 0.326 e. The van der Waals surface area contributed by atoms with E-state index in [-0.39, 0.29) is 25.2 Å². The summed E-state index contributed by atoms with van der Waals surface area (Å²) >= 11 is 0. The van der Waals surface area contributed by atoms with E-state index in [9.17, 15) is 34.2 Å². The van der Waals surface area contributed by atoms with Crippen molar-refractivity contribution in [2.45, 2.75) is 57.5 Å². The molecule has 0 heterocycles. The standard InChI is InChI=1S/C39H42N4O7/c1-25(2)21-32(27-17-19-31(20-18-27)41-39(50)40-30-15-7-4-8-16-30)36(45)43-34(38(48)49)24-29-14-10-9-13-28(29)23-33(37(46)47)42-35(44)22-26-11-5-3-6-12-26/h3-20,25,32-34H,21-24H2,1-2H3,(H,42,44)(H,43,45)(H,46,47)(H,48,49)(H2,40,41,50). The van der Waals surface area contributed by atoms with Crippen molar-refractivity contribution >= 4 is 41.2 Å². The number of carbonyl (C=O) groups is 5. The van der Waals surface area contributed by atoms with Gasteiger partial charge in [-0.3, -0.25) is 9.59 Å². The van der Waals surface area contributed by atoms with Crippen LogP contribution in [0.25, 0.3) is 0 Å². The number of amides is 4. The molecule has 0 fully saturated rings. The average Bonchev–Trinajstić information content (AvgIpc) is 3.08. The molecule has 0 bridgehead atoms. The second kappa shape index (κ2) is 18.0. The zero-order valence-electron chi connectivity index (χ0n) is 28.0. The molecule has 0 aromatic heterocycles. The maximum Gasteiger partial charge on any atom is 0.326 e. The van der Waals surface area contributed by atoms with Crippen molar-refractivity contribution in [3.8, 4) is 0 Å². The van der Waals surface area contributed by atoms with Crippen LogP contribution in [-0.2, 0) is 38.4 Å². The molecular formula is C39H42N4O7. The first kappa shape index (κ1) is 36.9. The lowest BCUT2D eigenvalue weighted by Crippen LogP contribution is -2.45. The van der Waals surface area contributed by atoms with Crippen LogP contribution in [-0.4, -0.2) is 52.1 Å². The summed E-state index contributed by atoms with van der Waals surface area (Å²) in [5.41, 5.74) is 3.63. The van der Waals surface area contributed by atoms with E-state index in [1.165, 1.54) is 0 Å². The number of nitrogens with one attached hydrogen (secondary N) is 4. The predicted octanol–water partition coefficient (Wildman–Crippen LogP) is 5.63. The number of carbonyl (C=O) groups excluding carboxylic acids is 3. The number of para-hydroxylation sites is 1. The first-order chi connectivity index (χ1) is 24.0. The topological polar surface area (TPSA) is 174 Å². The number of rotatable bonds is 16. The van der Waals surface area contributed by atoms with Gasteiger partial charge in [0.2, 0.25) is 11.8 Å². The van der Waals surface area contributed by atoms with Crippen LogP contribution < -0.4 is 21.3 Å². The van der Waals surface area contributed by atoms with Crippen molar-refractivity contribution in [1.82, 2.24) is 10.6 Å². The summed E-state index contributed by atoms with van der Waals surface area (Å²) in [5, 5.41) is 30.8. The van der Waals surface area contributed by atoms with E-state index < -0.39 is 47.8 Å². The van der Waals surface area contributed by atoms with Gasteiger partial charge in [-0.25, -0.2) is 14.4 Å². The fraction of sp³-hybridized carbons (Fsp3) is 0.256. The molecule has 0 spiro atoms. The van der Waals surface area contributed by atoms with Crippen molar-refractivity contribution < 1.29 is 34.2 Å². The van der Waals surface area contributed by atoms with Crippen LogP contribution in [0.1, 0.15) is 48.4 Å². The Morgan fingerprint density at radius 1 is 0.600 bits per heavy atom. The number of urea groups is 1. The monoisotopic (exact) mass is 678 g/mol. The molecule has 0 aliphatic carbocycles. The fourth-order valence-electron chi connectivity index (χ4n) is 5.57. The average molecular weight is 679 g/mol. The predicted molar refractivity (Wildman–Crippen MR) is 191 cm³/mol. The third kappa shape index (κ3) is 11.3. The molecule has 0 saturated carbocycles. The van der Waals surface area contributed by atoms with E-state index in [0.717, 1.165) is 5.56 Å². The quantitative estimate of drug-likeness (QED) is 0.0891. The van der Waals surface area contributed by atoms with Crippen molar-refractivity contribution in [2.24, 2.45) is 5.92 Å². The molecule has 260 valence electrons. The van der Waals surface area contributed by atoms with E-state index in [0.29, 0.717) is 34.5 Å². The normalized spacial score (nSPS) is 12.6. The van der Waals surface area contributed by atoms with E-state index >= 15 is 0 Å². The number of hydrogen-bond donors (Lipinski definition) is 6. The first-order valence-corrected chi connectivity index (χ1v) is 16.4. The lowest BCUT2D eigenvalue weighted by molar-refractivity contribution is -0.142. The Morgan fingerprint density at radius 3 is 1.60 bits per heavy atom. The first-order valence-electron chi connectivity index (χ1n) is 16.4. The fourth-order valence-corrected chi connectivity index (χ4v) is 5.57. The Balaban J connectivity index is 1.44. The number of carboxylic acid groups (broad SMARTS) is 2. The van der Waals surface area contributed by atoms with Gasteiger partial charge in [0.05, 0.1) is 12.3 Å². The Labute approximate surface area is 291 Å². The zero-order chi connectivity index (χ0) is 36.0. The minimum absolute atomic E-state index is 0.0137. The van der Waals surface area contributed by atoms with Gasteiger partial charge >= 0.3 is 18.0 Å². The number of aliphatic carboxylic acids is 2. The molecule has 4 aromatic rings. The maximum atomic E-state index is 13.7. The zero-order valence-corrected chi connectivity index (χ0v) is 28.0. The highest BCUT2D eigenvalue weighted by Crippen LogP contribution is 2.26. The molecule has 11 nitrogen and oxygen atoms in total. The third-order valence-electron chi connectivity index (χ3n) is 8.05. The van der Waals surface area contributed by atoms with Gasteiger partial charge in [-0.1, -0.05) is 98.8 Å².